The number of rotatable bonds is 1. The molecule has 0 saturated carbocycles. The van der Waals surface area contributed by atoms with Crippen LogP contribution in [0.25, 0.3) is 10.8 Å². The molecule has 3 rings (SSSR count). The van der Waals surface area contributed by atoms with E-state index in [1.807, 2.05) is 0 Å². The molecule has 1 unspecified atom stereocenters. The van der Waals surface area contributed by atoms with Crippen molar-refractivity contribution in [3.63, 3.8) is 0 Å². The number of hydrogen-bond acceptors (Lipinski definition) is 2. The van der Waals surface area contributed by atoms with E-state index in [2.05, 4.69) is 73.5 Å². The summed E-state index contributed by atoms with van der Waals surface area (Å²) >= 11 is 0. The lowest BCUT2D eigenvalue weighted by Gasteiger charge is -2.45. The van der Waals surface area contributed by atoms with E-state index in [0.717, 1.165) is 13.1 Å². The van der Waals surface area contributed by atoms with Gasteiger partial charge in [0, 0.05) is 35.7 Å². The van der Waals surface area contributed by atoms with Crippen LogP contribution in [0, 0.1) is 0 Å². The highest BCUT2D eigenvalue weighted by Crippen LogP contribution is 2.30. The largest absolute Gasteiger partial charge is 0.365 e. The van der Waals surface area contributed by atoms with E-state index in [4.69, 9.17) is 0 Å². The second kappa shape index (κ2) is 4.53. The molecule has 1 aliphatic heterocycles. The Morgan fingerprint density at radius 1 is 1.11 bits per heavy atom. The van der Waals surface area contributed by atoms with Crippen LogP contribution in [0.3, 0.4) is 0 Å². The molecule has 19 heavy (non-hydrogen) atoms. The topological polar surface area (TPSA) is 15.3 Å². The Morgan fingerprint density at radius 3 is 2.68 bits per heavy atom. The van der Waals surface area contributed by atoms with Gasteiger partial charge in [-0.2, -0.15) is 0 Å². The number of piperazine rings is 1. The van der Waals surface area contributed by atoms with Crippen molar-refractivity contribution in [2.24, 2.45) is 0 Å². The van der Waals surface area contributed by atoms with Crippen LogP contribution in [-0.4, -0.2) is 24.7 Å². The second-order valence-corrected chi connectivity index (χ2v) is 6.24. The first-order chi connectivity index (χ1) is 9.07. The van der Waals surface area contributed by atoms with Gasteiger partial charge in [0.15, 0.2) is 0 Å². The van der Waals surface area contributed by atoms with Crippen molar-refractivity contribution in [2.45, 2.75) is 32.4 Å². The molecular formula is C17H22N2. The predicted molar refractivity (Wildman–Crippen MR) is 82.8 cm³/mol. The lowest BCUT2D eigenvalue weighted by Crippen LogP contribution is -2.61. The monoisotopic (exact) mass is 254 g/mol. The molecule has 2 aromatic rings. The Balaban J connectivity index is 2.08. The molecule has 1 heterocycles. The molecular weight excluding hydrogens is 232 g/mol. The molecule has 0 spiro atoms. The van der Waals surface area contributed by atoms with Gasteiger partial charge in [0.05, 0.1) is 0 Å². The smallest absolute Gasteiger partial charge is 0.0449 e. The molecule has 0 aliphatic carbocycles. The minimum absolute atomic E-state index is 0.170. The van der Waals surface area contributed by atoms with Crippen molar-refractivity contribution in [1.29, 1.82) is 0 Å². The summed E-state index contributed by atoms with van der Waals surface area (Å²) in [6, 6.07) is 15.8. The van der Waals surface area contributed by atoms with Gasteiger partial charge in [-0.05, 0) is 32.2 Å². The first-order valence-corrected chi connectivity index (χ1v) is 7.06. The average molecular weight is 254 g/mol. The Labute approximate surface area is 115 Å². The Bertz CT molecular complexity index is 583. The first kappa shape index (κ1) is 12.5. The van der Waals surface area contributed by atoms with E-state index < -0.39 is 0 Å². The SMILES string of the molecule is CC1CNC(C)(C)CN1c1cccc2ccccc12. The van der Waals surface area contributed by atoms with E-state index in [1.165, 1.54) is 16.5 Å². The molecule has 1 N–H and O–H groups in total. The van der Waals surface area contributed by atoms with Gasteiger partial charge in [-0.1, -0.05) is 36.4 Å². The van der Waals surface area contributed by atoms with Crippen molar-refractivity contribution < 1.29 is 0 Å². The summed E-state index contributed by atoms with van der Waals surface area (Å²) in [5.74, 6) is 0. The van der Waals surface area contributed by atoms with Crippen molar-refractivity contribution in [2.75, 3.05) is 18.0 Å². The number of fused-ring (bicyclic) bond motifs is 1. The average Bonchev–Trinajstić information content (AvgIpc) is 2.41. The van der Waals surface area contributed by atoms with Gasteiger partial charge in [0.1, 0.15) is 0 Å². The third kappa shape index (κ3) is 2.33. The van der Waals surface area contributed by atoms with E-state index >= 15 is 0 Å². The maximum Gasteiger partial charge on any atom is 0.0449 e. The first-order valence-electron chi connectivity index (χ1n) is 7.06. The summed E-state index contributed by atoms with van der Waals surface area (Å²) in [5, 5.41) is 6.29. The van der Waals surface area contributed by atoms with Crippen LogP contribution in [0.4, 0.5) is 5.69 Å². The van der Waals surface area contributed by atoms with Crippen LogP contribution in [0.5, 0.6) is 0 Å². The van der Waals surface area contributed by atoms with Crippen molar-refractivity contribution in [1.82, 2.24) is 5.32 Å². The predicted octanol–water partition coefficient (Wildman–Crippen LogP) is 3.42. The lowest BCUT2D eigenvalue weighted by molar-refractivity contribution is 0.318. The molecule has 2 aromatic carbocycles. The molecule has 1 atom stereocenters. The zero-order valence-corrected chi connectivity index (χ0v) is 12.0. The summed E-state index contributed by atoms with van der Waals surface area (Å²) in [5.41, 5.74) is 1.53. The van der Waals surface area contributed by atoms with Crippen LogP contribution in [0.2, 0.25) is 0 Å². The molecule has 2 nitrogen and oxygen atoms in total. The van der Waals surface area contributed by atoms with Crippen LogP contribution in [0.1, 0.15) is 20.8 Å². The van der Waals surface area contributed by atoms with E-state index in [1.54, 1.807) is 0 Å². The molecule has 0 amide bonds. The Kier molecular flexibility index (Phi) is 2.98. The summed E-state index contributed by atoms with van der Waals surface area (Å²) in [6.07, 6.45) is 0. The number of nitrogens with zero attached hydrogens (tertiary/aromatic N) is 1. The number of nitrogens with one attached hydrogen (secondary N) is 1. The summed E-state index contributed by atoms with van der Waals surface area (Å²) in [6.45, 7) is 8.93. The van der Waals surface area contributed by atoms with Crippen molar-refractivity contribution in [3.05, 3.63) is 42.5 Å². The molecule has 0 bridgehead atoms. The van der Waals surface area contributed by atoms with Gasteiger partial charge in [0.25, 0.3) is 0 Å². The standard InChI is InChI=1S/C17H22N2/c1-13-11-18-17(2,3)12-19(13)16-10-6-8-14-7-4-5-9-15(14)16/h4-10,13,18H,11-12H2,1-3H3. The van der Waals surface area contributed by atoms with Crippen LogP contribution in [0.15, 0.2) is 42.5 Å². The van der Waals surface area contributed by atoms with E-state index in [-0.39, 0.29) is 5.54 Å². The molecule has 0 radical (unpaired) electrons. The number of hydrogen-bond donors (Lipinski definition) is 1. The second-order valence-electron chi connectivity index (χ2n) is 6.24. The minimum atomic E-state index is 0.170. The van der Waals surface area contributed by atoms with Crippen molar-refractivity contribution >= 4 is 16.5 Å². The van der Waals surface area contributed by atoms with Gasteiger partial charge >= 0.3 is 0 Å². The zero-order chi connectivity index (χ0) is 13.5. The van der Waals surface area contributed by atoms with Crippen LogP contribution in [-0.2, 0) is 0 Å². The van der Waals surface area contributed by atoms with Gasteiger partial charge in [-0.25, -0.2) is 0 Å². The van der Waals surface area contributed by atoms with Crippen LogP contribution >= 0.6 is 0 Å². The number of anilines is 1. The van der Waals surface area contributed by atoms with E-state index in [0.29, 0.717) is 6.04 Å². The maximum atomic E-state index is 3.61. The fourth-order valence-corrected chi connectivity index (χ4v) is 2.95. The highest BCUT2D eigenvalue weighted by atomic mass is 15.2. The molecule has 100 valence electrons. The highest BCUT2D eigenvalue weighted by Gasteiger charge is 2.30. The zero-order valence-electron chi connectivity index (χ0n) is 12.0. The van der Waals surface area contributed by atoms with Crippen molar-refractivity contribution in [3.8, 4) is 0 Å². The molecule has 1 fully saturated rings. The minimum Gasteiger partial charge on any atom is -0.365 e. The van der Waals surface area contributed by atoms with Gasteiger partial charge in [0.2, 0.25) is 0 Å². The van der Waals surface area contributed by atoms with Gasteiger partial charge in [-0.3, -0.25) is 0 Å². The lowest BCUT2D eigenvalue weighted by atomic mass is 9.97. The Morgan fingerprint density at radius 2 is 1.84 bits per heavy atom. The highest BCUT2D eigenvalue weighted by molar-refractivity contribution is 5.94. The fraction of sp³-hybridized carbons (Fsp3) is 0.412. The van der Waals surface area contributed by atoms with Gasteiger partial charge < -0.3 is 10.2 Å². The van der Waals surface area contributed by atoms with Gasteiger partial charge in [-0.15, -0.1) is 0 Å². The quantitative estimate of drug-likeness (QED) is 0.839. The van der Waals surface area contributed by atoms with Crippen LogP contribution < -0.4 is 10.2 Å². The normalized spacial score (nSPS) is 22.7. The summed E-state index contributed by atoms with van der Waals surface area (Å²) < 4.78 is 0. The Hall–Kier alpha value is -1.54. The summed E-state index contributed by atoms with van der Waals surface area (Å²) in [7, 11) is 0. The molecule has 1 saturated heterocycles. The fourth-order valence-electron chi connectivity index (χ4n) is 2.95. The summed E-state index contributed by atoms with van der Waals surface area (Å²) in [4.78, 5) is 2.54. The third-order valence-electron chi connectivity index (χ3n) is 4.05. The van der Waals surface area contributed by atoms with E-state index in [9.17, 15) is 0 Å². The number of benzene rings is 2. The molecule has 2 heteroatoms. The maximum absolute atomic E-state index is 3.61. The molecule has 1 aliphatic rings. The third-order valence-corrected chi connectivity index (χ3v) is 4.05. The molecule has 0 aromatic heterocycles.